The Morgan fingerprint density at radius 3 is 2.27 bits per heavy atom. The van der Waals surface area contributed by atoms with Crippen LogP contribution in [0.5, 0.6) is 0 Å². The minimum atomic E-state index is -3.19. The molecule has 0 bridgehead atoms. The van der Waals surface area contributed by atoms with Crippen LogP contribution in [0.2, 0.25) is 0 Å². The molecule has 9 heteroatoms. The van der Waals surface area contributed by atoms with Crippen LogP contribution in [0, 0.1) is 0 Å². The van der Waals surface area contributed by atoms with Crippen LogP contribution in [0.1, 0.15) is 16.9 Å². The average molecular weight is 426 g/mol. The molecule has 0 saturated carbocycles. The lowest BCUT2D eigenvalue weighted by molar-refractivity contribution is 0.000516. The monoisotopic (exact) mass is 426 g/mol. The number of hydrazine groups is 1. The molecule has 0 spiro atoms. The van der Waals surface area contributed by atoms with Gasteiger partial charge in [-0.05, 0) is 24.6 Å². The van der Waals surface area contributed by atoms with Gasteiger partial charge in [0.05, 0.1) is 28.6 Å². The van der Waals surface area contributed by atoms with Crippen LogP contribution in [0.15, 0.2) is 59.4 Å². The van der Waals surface area contributed by atoms with Crippen molar-refractivity contribution in [2.45, 2.75) is 12.5 Å². The largest absolute Gasteiger partial charge is 0.289 e. The summed E-state index contributed by atoms with van der Waals surface area (Å²) in [6, 6.07) is 15.2. The summed E-state index contributed by atoms with van der Waals surface area (Å²) in [7, 11) is 0.199. The molecule has 2 heterocycles. The van der Waals surface area contributed by atoms with Gasteiger partial charge in [-0.1, -0.05) is 36.4 Å². The second-order valence-corrected chi connectivity index (χ2v) is 9.73. The summed E-state index contributed by atoms with van der Waals surface area (Å²) >= 11 is 0. The first-order valence-electron chi connectivity index (χ1n) is 9.57. The fourth-order valence-corrected chi connectivity index (χ4v) is 5.53. The molecule has 1 aliphatic rings. The number of rotatable bonds is 4. The van der Waals surface area contributed by atoms with Crippen LogP contribution in [0.3, 0.4) is 0 Å². The van der Waals surface area contributed by atoms with Crippen molar-refractivity contribution in [3.63, 3.8) is 0 Å². The van der Waals surface area contributed by atoms with Crippen molar-refractivity contribution in [1.82, 2.24) is 19.8 Å². The van der Waals surface area contributed by atoms with Crippen molar-refractivity contribution in [3.05, 3.63) is 70.6 Å². The highest BCUT2D eigenvalue weighted by atomic mass is 32.2. The van der Waals surface area contributed by atoms with Gasteiger partial charge in [0.1, 0.15) is 0 Å². The van der Waals surface area contributed by atoms with Gasteiger partial charge in [-0.25, -0.2) is 13.4 Å². The fraction of sp³-hybridized carbons (Fsp3) is 0.286. The number of benzene rings is 2. The second kappa shape index (κ2) is 7.66. The maximum absolute atomic E-state index is 13.6. The highest BCUT2D eigenvalue weighted by molar-refractivity contribution is 7.91. The van der Waals surface area contributed by atoms with Crippen molar-refractivity contribution in [2.75, 3.05) is 25.6 Å². The molecule has 1 amide bonds. The van der Waals surface area contributed by atoms with E-state index in [9.17, 15) is 18.0 Å². The Balaban J connectivity index is 1.90. The van der Waals surface area contributed by atoms with Crippen LogP contribution in [0.4, 0.5) is 0 Å². The van der Waals surface area contributed by atoms with Crippen LogP contribution in [-0.2, 0) is 9.84 Å². The molecule has 8 nitrogen and oxygen atoms in total. The Bertz CT molecular complexity index is 1270. The summed E-state index contributed by atoms with van der Waals surface area (Å²) in [5.74, 6) is -0.483. The summed E-state index contributed by atoms with van der Waals surface area (Å²) in [6.45, 7) is 0. The lowest BCUT2D eigenvalue weighted by Crippen LogP contribution is -2.50. The van der Waals surface area contributed by atoms with Gasteiger partial charge in [0, 0.05) is 19.5 Å². The predicted octanol–water partition coefficient (Wildman–Crippen LogP) is 1.49. The topological polar surface area (TPSA) is 92.6 Å². The quantitative estimate of drug-likeness (QED) is 0.587. The Morgan fingerprint density at radius 1 is 1.03 bits per heavy atom. The van der Waals surface area contributed by atoms with E-state index in [1.54, 1.807) is 67.6 Å². The molecule has 1 aromatic heterocycles. The van der Waals surface area contributed by atoms with Gasteiger partial charge in [-0.2, -0.15) is 9.78 Å². The molecule has 2 aromatic carbocycles. The van der Waals surface area contributed by atoms with Gasteiger partial charge in [-0.3, -0.25) is 14.6 Å². The lowest BCUT2D eigenvalue weighted by Gasteiger charge is -2.33. The van der Waals surface area contributed by atoms with Gasteiger partial charge >= 0.3 is 0 Å². The number of nitrogens with zero attached hydrogens (tertiary/aromatic N) is 4. The molecule has 156 valence electrons. The third-order valence-corrected chi connectivity index (χ3v) is 6.95. The lowest BCUT2D eigenvalue weighted by atomic mass is 10.1. The van der Waals surface area contributed by atoms with Crippen molar-refractivity contribution >= 4 is 26.5 Å². The van der Waals surface area contributed by atoms with E-state index >= 15 is 0 Å². The van der Waals surface area contributed by atoms with Crippen LogP contribution in [-0.4, -0.2) is 65.8 Å². The molecule has 1 unspecified atom stereocenters. The van der Waals surface area contributed by atoms with Gasteiger partial charge < -0.3 is 0 Å². The number of aromatic nitrogens is 2. The number of hydrogen-bond donors (Lipinski definition) is 0. The number of sulfone groups is 1. The first-order valence-corrected chi connectivity index (χ1v) is 11.4. The number of hydrogen-bond acceptors (Lipinski definition) is 6. The number of carbonyl (C=O) groups excluding carboxylic acids is 1. The zero-order valence-electron chi connectivity index (χ0n) is 16.7. The third kappa shape index (κ3) is 3.61. The summed E-state index contributed by atoms with van der Waals surface area (Å²) < 4.78 is 25.2. The zero-order chi connectivity index (χ0) is 21.5. The number of para-hydroxylation sites is 1. The van der Waals surface area contributed by atoms with E-state index in [1.165, 1.54) is 9.69 Å². The summed E-state index contributed by atoms with van der Waals surface area (Å²) in [5.41, 5.74) is 0.322. The summed E-state index contributed by atoms with van der Waals surface area (Å²) in [6.07, 6.45) is 0.364. The Kier molecular flexibility index (Phi) is 5.17. The molecular weight excluding hydrogens is 404 g/mol. The molecule has 4 rings (SSSR count). The summed E-state index contributed by atoms with van der Waals surface area (Å²) in [4.78, 5) is 26.6. The highest BCUT2D eigenvalue weighted by Gasteiger charge is 2.37. The van der Waals surface area contributed by atoms with E-state index in [1.807, 2.05) is 6.07 Å². The van der Waals surface area contributed by atoms with E-state index in [0.717, 1.165) is 0 Å². The Labute approximate surface area is 174 Å². The van der Waals surface area contributed by atoms with Gasteiger partial charge in [0.25, 0.3) is 11.5 Å². The fourth-order valence-electron chi connectivity index (χ4n) is 3.84. The number of fused-ring (bicyclic) bond motifs is 1. The maximum Gasteiger partial charge on any atom is 0.289 e. The molecule has 0 aliphatic carbocycles. The van der Waals surface area contributed by atoms with E-state index in [2.05, 4.69) is 5.10 Å². The second-order valence-electron chi connectivity index (χ2n) is 7.50. The van der Waals surface area contributed by atoms with E-state index in [0.29, 0.717) is 22.9 Å². The van der Waals surface area contributed by atoms with E-state index in [4.69, 9.17) is 0 Å². The maximum atomic E-state index is 13.6. The Hall–Kier alpha value is -3.04. The standard InChI is InChI=1S/C21H22N4O4S/c1-23(2)25(16-12-13-30(28,29)14-16)21(27)19-17-10-6-7-11-18(17)20(26)24(22-19)15-8-4-3-5-9-15/h3-11,16H,12-14H2,1-2H3. The SMILES string of the molecule is CN(C)N(C(=O)c1nn(-c2ccccc2)c(=O)c2ccccc12)C1CCS(=O)(=O)C1. The van der Waals surface area contributed by atoms with Gasteiger partial charge in [0.15, 0.2) is 15.5 Å². The first-order chi connectivity index (χ1) is 14.3. The van der Waals surface area contributed by atoms with Crippen molar-refractivity contribution in [3.8, 4) is 5.69 Å². The molecule has 3 aromatic rings. The minimum Gasteiger partial charge on any atom is -0.267 e. The van der Waals surface area contributed by atoms with Crippen molar-refractivity contribution in [1.29, 1.82) is 0 Å². The minimum absolute atomic E-state index is 0.0486. The number of carbonyl (C=O) groups is 1. The van der Waals surface area contributed by atoms with Crippen molar-refractivity contribution < 1.29 is 13.2 Å². The summed E-state index contributed by atoms with van der Waals surface area (Å²) in [5, 5.41) is 8.24. The molecule has 30 heavy (non-hydrogen) atoms. The average Bonchev–Trinajstić information content (AvgIpc) is 3.08. The van der Waals surface area contributed by atoms with Crippen molar-refractivity contribution in [2.24, 2.45) is 0 Å². The predicted molar refractivity (Wildman–Crippen MR) is 114 cm³/mol. The van der Waals surface area contributed by atoms with Gasteiger partial charge in [0.2, 0.25) is 0 Å². The highest BCUT2D eigenvalue weighted by Crippen LogP contribution is 2.23. The van der Waals surface area contributed by atoms with Crippen LogP contribution < -0.4 is 5.56 Å². The Morgan fingerprint density at radius 2 is 1.67 bits per heavy atom. The van der Waals surface area contributed by atoms with Crippen LogP contribution >= 0.6 is 0 Å². The number of amides is 1. The zero-order valence-corrected chi connectivity index (χ0v) is 17.5. The molecule has 1 aliphatic heterocycles. The smallest absolute Gasteiger partial charge is 0.267 e. The van der Waals surface area contributed by atoms with Crippen LogP contribution in [0.25, 0.3) is 16.5 Å². The molecular formula is C21H22N4O4S. The van der Waals surface area contributed by atoms with E-state index < -0.39 is 21.8 Å². The molecule has 0 N–H and O–H groups in total. The third-order valence-electron chi connectivity index (χ3n) is 5.20. The van der Waals surface area contributed by atoms with Gasteiger partial charge in [-0.15, -0.1) is 0 Å². The molecule has 0 radical (unpaired) electrons. The first kappa shape index (κ1) is 20.2. The normalized spacial score (nSPS) is 18.0. The molecule has 1 saturated heterocycles. The van der Waals surface area contributed by atoms with E-state index in [-0.39, 0.29) is 22.8 Å². The molecule has 1 fully saturated rings. The molecule has 1 atom stereocenters.